The second-order valence-corrected chi connectivity index (χ2v) is 9.17. The predicted octanol–water partition coefficient (Wildman–Crippen LogP) is 4.15. The van der Waals surface area contributed by atoms with Crippen molar-refractivity contribution in [1.29, 1.82) is 0 Å². The van der Waals surface area contributed by atoms with Gasteiger partial charge in [-0.25, -0.2) is 0 Å². The van der Waals surface area contributed by atoms with Crippen molar-refractivity contribution in [2.24, 2.45) is 0 Å². The molecule has 0 unspecified atom stereocenters. The summed E-state index contributed by atoms with van der Waals surface area (Å²) in [4.78, 5) is 31.6. The third-order valence-electron chi connectivity index (χ3n) is 6.57. The molecule has 0 aromatic heterocycles. The van der Waals surface area contributed by atoms with Gasteiger partial charge in [-0.2, -0.15) is 0 Å². The summed E-state index contributed by atoms with van der Waals surface area (Å²) in [5.74, 6) is 0.295. The predicted molar refractivity (Wildman–Crippen MR) is 139 cm³/mol. The topological polar surface area (TPSA) is 55.9 Å². The van der Waals surface area contributed by atoms with Crippen LogP contribution in [-0.2, 0) is 29.1 Å². The summed E-state index contributed by atoms with van der Waals surface area (Å²) in [6, 6.07) is 16.3. The quantitative estimate of drug-likeness (QED) is 0.513. The molecule has 3 rings (SSSR count). The number of amides is 2. The first-order valence-corrected chi connectivity index (χ1v) is 12.6. The minimum atomic E-state index is 0.101. The van der Waals surface area contributed by atoms with Crippen molar-refractivity contribution in [3.8, 4) is 0 Å². The number of unbranched alkanes of at least 4 members (excludes halogenated alkanes) is 1. The molecule has 1 aliphatic heterocycles. The van der Waals surface area contributed by atoms with E-state index in [0.29, 0.717) is 26.1 Å². The molecule has 0 bridgehead atoms. The molecular weight excluding hydrogens is 424 g/mol. The maximum Gasteiger partial charge on any atom is 0.242 e. The van der Waals surface area contributed by atoms with Crippen molar-refractivity contribution in [2.45, 2.75) is 52.6 Å². The molecule has 0 radical (unpaired) electrons. The second-order valence-electron chi connectivity index (χ2n) is 9.17. The zero-order valence-corrected chi connectivity index (χ0v) is 21.1. The Balaban J connectivity index is 1.64. The highest BCUT2D eigenvalue weighted by Crippen LogP contribution is 2.26. The molecule has 0 saturated carbocycles. The summed E-state index contributed by atoms with van der Waals surface area (Å²) in [5, 5.41) is 3.41. The number of nitrogens with one attached hydrogen (secondary N) is 1. The number of rotatable bonds is 12. The maximum absolute atomic E-state index is 13.3. The van der Waals surface area contributed by atoms with E-state index in [0.717, 1.165) is 37.3 Å². The summed E-state index contributed by atoms with van der Waals surface area (Å²) in [5.41, 5.74) is 4.55. The van der Waals surface area contributed by atoms with Gasteiger partial charge < -0.3 is 20.0 Å². The van der Waals surface area contributed by atoms with Gasteiger partial charge in [0.25, 0.3) is 0 Å². The summed E-state index contributed by atoms with van der Waals surface area (Å²) >= 11 is 0. The van der Waals surface area contributed by atoms with Crippen LogP contribution in [0.5, 0.6) is 0 Å². The number of hydrogen-bond donors (Lipinski definition) is 1. The smallest absolute Gasteiger partial charge is 0.242 e. The van der Waals surface area contributed by atoms with Gasteiger partial charge in [0.1, 0.15) is 0 Å². The SMILES string of the molecule is CCCCN(C)CCN(Cc1ccccc1)C(=O)CNc1cccc2c1CCN(C(=O)CC)C2. The van der Waals surface area contributed by atoms with Gasteiger partial charge in [-0.15, -0.1) is 0 Å². The Hall–Kier alpha value is -2.86. The zero-order chi connectivity index (χ0) is 24.3. The Kier molecular flexibility index (Phi) is 9.95. The van der Waals surface area contributed by atoms with Gasteiger partial charge in [0.2, 0.25) is 11.8 Å². The Morgan fingerprint density at radius 2 is 1.79 bits per heavy atom. The van der Waals surface area contributed by atoms with Gasteiger partial charge in [0, 0.05) is 44.8 Å². The molecular formula is C28H40N4O2. The van der Waals surface area contributed by atoms with E-state index in [4.69, 9.17) is 0 Å². The first-order chi connectivity index (χ1) is 16.5. The highest BCUT2D eigenvalue weighted by molar-refractivity contribution is 5.81. The van der Waals surface area contributed by atoms with Crippen LogP contribution in [0.1, 0.15) is 49.8 Å². The minimum absolute atomic E-state index is 0.101. The van der Waals surface area contributed by atoms with Crippen LogP contribution in [0.15, 0.2) is 48.5 Å². The normalized spacial score (nSPS) is 13.0. The molecule has 6 heteroatoms. The van der Waals surface area contributed by atoms with E-state index < -0.39 is 0 Å². The van der Waals surface area contributed by atoms with Gasteiger partial charge in [0.05, 0.1) is 6.54 Å². The molecule has 1 aliphatic rings. The number of nitrogens with zero attached hydrogens (tertiary/aromatic N) is 3. The number of anilines is 1. The second kappa shape index (κ2) is 13.1. The van der Waals surface area contributed by atoms with Crippen molar-refractivity contribution in [3.63, 3.8) is 0 Å². The summed E-state index contributed by atoms with van der Waals surface area (Å²) < 4.78 is 0. The van der Waals surface area contributed by atoms with Gasteiger partial charge in [0.15, 0.2) is 0 Å². The highest BCUT2D eigenvalue weighted by Gasteiger charge is 2.22. The molecule has 0 aliphatic carbocycles. The number of likely N-dealkylation sites (N-methyl/N-ethyl adjacent to an activating group) is 1. The molecule has 2 amide bonds. The average molecular weight is 465 g/mol. The molecule has 0 fully saturated rings. The summed E-state index contributed by atoms with van der Waals surface area (Å²) in [6.07, 6.45) is 3.69. The number of fused-ring (bicyclic) bond motifs is 1. The number of carbonyl (C=O) groups excluding carboxylic acids is 2. The Morgan fingerprint density at radius 3 is 2.53 bits per heavy atom. The van der Waals surface area contributed by atoms with Crippen molar-refractivity contribution in [3.05, 3.63) is 65.2 Å². The molecule has 6 nitrogen and oxygen atoms in total. The van der Waals surface area contributed by atoms with Crippen LogP contribution in [0.3, 0.4) is 0 Å². The zero-order valence-electron chi connectivity index (χ0n) is 21.1. The molecule has 2 aromatic rings. The van der Waals surface area contributed by atoms with Crippen LogP contribution >= 0.6 is 0 Å². The third-order valence-corrected chi connectivity index (χ3v) is 6.57. The molecule has 0 saturated heterocycles. The Morgan fingerprint density at radius 1 is 1.00 bits per heavy atom. The van der Waals surface area contributed by atoms with Crippen LogP contribution in [-0.4, -0.2) is 66.3 Å². The van der Waals surface area contributed by atoms with E-state index in [-0.39, 0.29) is 18.4 Å². The standard InChI is InChI=1S/C28H40N4O2/c1-4-6-16-30(3)18-19-32(21-23-11-8-7-9-12-23)28(34)20-29-26-14-10-13-24-22-31(27(33)5-2)17-15-25(24)26/h7-14,29H,4-6,15-22H2,1-3H3. The van der Waals surface area contributed by atoms with Crippen LogP contribution in [0.4, 0.5) is 5.69 Å². The largest absolute Gasteiger partial charge is 0.376 e. The van der Waals surface area contributed by atoms with E-state index in [1.165, 1.54) is 24.0 Å². The molecule has 1 heterocycles. The van der Waals surface area contributed by atoms with Gasteiger partial charge >= 0.3 is 0 Å². The minimum Gasteiger partial charge on any atom is -0.376 e. The lowest BCUT2D eigenvalue weighted by Gasteiger charge is -2.30. The van der Waals surface area contributed by atoms with Crippen LogP contribution in [0, 0.1) is 0 Å². The van der Waals surface area contributed by atoms with E-state index in [1.807, 2.05) is 47.1 Å². The van der Waals surface area contributed by atoms with Crippen LogP contribution in [0.2, 0.25) is 0 Å². The number of benzene rings is 2. The molecule has 1 N–H and O–H groups in total. The van der Waals surface area contributed by atoms with E-state index in [1.54, 1.807) is 0 Å². The fraction of sp³-hybridized carbons (Fsp3) is 0.500. The molecule has 0 atom stereocenters. The Labute approximate surface area is 204 Å². The lowest BCUT2D eigenvalue weighted by Crippen LogP contribution is -2.40. The van der Waals surface area contributed by atoms with Crippen LogP contribution in [0.25, 0.3) is 0 Å². The van der Waals surface area contributed by atoms with Crippen molar-refractivity contribution >= 4 is 17.5 Å². The fourth-order valence-electron chi connectivity index (χ4n) is 4.42. The molecule has 0 spiro atoms. The first kappa shape index (κ1) is 25.8. The summed E-state index contributed by atoms with van der Waals surface area (Å²) in [6.45, 7) is 8.99. The lowest BCUT2D eigenvalue weighted by molar-refractivity contribution is -0.132. The van der Waals surface area contributed by atoms with Gasteiger partial charge in [-0.1, -0.05) is 62.7 Å². The van der Waals surface area contributed by atoms with Crippen molar-refractivity contribution in [1.82, 2.24) is 14.7 Å². The van der Waals surface area contributed by atoms with E-state index in [2.05, 4.69) is 42.4 Å². The van der Waals surface area contributed by atoms with E-state index in [9.17, 15) is 9.59 Å². The number of carbonyl (C=O) groups is 2. The first-order valence-electron chi connectivity index (χ1n) is 12.6. The monoisotopic (exact) mass is 464 g/mol. The highest BCUT2D eigenvalue weighted by atomic mass is 16.2. The molecule has 2 aromatic carbocycles. The van der Waals surface area contributed by atoms with Crippen molar-refractivity contribution < 1.29 is 9.59 Å². The average Bonchev–Trinajstić information content (AvgIpc) is 2.88. The van der Waals surface area contributed by atoms with Crippen LogP contribution < -0.4 is 5.32 Å². The van der Waals surface area contributed by atoms with Gasteiger partial charge in [-0.05, 0) is 49.2 Å². The third kappa shape index (κ3) is 7.32. The lowest BCUT2D eigenvalue weighted by atomic mass is 9.97. The number of hydrogen-bond acceptors (Lipinski definition) is 4. The molecule has 34 heavy (non-hydrogen) atoms. The van der Waals surface area contributed by atoms with Gasteiger partial charge in [-0.3, -0.25) is 9.59 Å². The maximum atomic E-state index is 13.3. The van der Waals surface area contributed by atoms with Crippen molar-refractivity contribution in [2.75, 3.05) is 45.1 Å². The fourth-order valence-corrected chi connectivity index (χ4v) is 4.42. The molecule has 184 valence electrons. The summed E-state index contributed by atoms with van der Waals surface area (Å²) in [7, 11) is 2.13. The Bertz CT molecular complexity index is 931. The van der Waals surface area contributed by atoms with E-state index >= 15 is 0 Å².